The van der Waals surface area contributed by atoms with Gasteiger partial charge in [0, 0.05) is 0 Å². The van der Waals surface area contributed by atoms with Crippen LogP contribution in [0.2, 0.25) is 0 Å². The first-order valence-electron chi connectivity index (χ1n) is 8.60. The van der Waals surface area contributed by atoms with Gasteiger partial charge in [0.25, 0.3) is 0 Å². The first-order valence-corrected chi connectivity index (χ1v) is 8.60. The fourth-order valence-electron chi connectivity index (χ4n) is 2.26. The van der Waals surface area contributed by atoms with E-state index in [4.69, 9.17) is 14.2 Å². The second-order valence-electron chi connectivity index (χ2n) is 5.94. The van der Waals surface area contributed by atoms with E-state index in [0.717, 1.165) is 6.42 Å². The van der Waals surface area contributed by atoms with E-state index in [9.17, 15) is 4.79 Å². The van der Waals surface area contributed by atoms with Crippen LogP contribution in [0.4, 0.5) is 0 Å². The predicted octanol–water partition coefficient (Wildman–Crippen LogP) is 5.00. The average molecular weight is 322 g/mol. The van der Waals surface area contributed by atoms with Crippen molar-refractivity contribution in [3.8, 4) is 11.5 Å². The van der Waals surface area contributed by atoms with E-state index in [2.05, 4.69) is 6.92 Å². The SMILES string of the molecule is CCCCCCCCOc1ccc(C(=O)OC(C)C)cc1OC. The van der Waals surface area contributed by atoms with Gasteiger partial charge in [-0.3, -0.25) is 0 Å². The molecule has 0 aliphatic carbocycles. The summed E-state index contributed by atoms with van der Waals surface area (Å²) in [5, 5.41) is 0. The molecular weight excluding hydrogens is 292 g/mol. The molecule has 0 spiro atoms. The average Bonchev–Trinajstić information content (AvgIpc) is 2.53. The molecule has 0 aliphatic heterocycles. The molecule has 23 heavy (non-hydrogen) atoms. The van der Waals surface area contributed by atoms with E-state index in [-0.39, 0.29) is 12.1 Å². The van der Waals surface area contributed by atoms with Crippen molar-refractivity contribution in [1.82, 2.24) is 0 Å². The summed E-state index contributed by atoms with van der Waals surface area (Å²) in [5.41, 5.74) is 0.475. The maximum Gasteiger partial charge on any atom is 0.338 e. The smallest absolute Gasteiger partial charge is 0.338 e. The highest BCUT2D eigenvalue weighted by molar-refractivity contribution is 5.90. The van der Waals surface area contributed by atoms with Gasteiger partial charge < -0.3 is 14.2 Å². The number of hydrogen-bond acceptors (Lipinski definition) is 4. The van der Waals surface area contributed by atoms with Crippen LogP contribution in [0.25, 0.3) is 0 Å². The molecule has 0 aliphatic rings. The minimum atomic E-state index is -0.347. The summed E-state index contributed by atoms with van der Waals surface area (Å²) in [6.07, 6.45) is 7.20. The Balaban J connectivity index is 2.48. The van der Waals surface area contributed by atoms with Crippen molar-refractivity contribution in [2.24, 2.45) is 0 Å². The number of rotatable bonds is 11. The zero-order valence-electron chi connectivity index (χ0n) is 14.9. The maximum absolute atomic E-state index is 11.9. The zero-order chi connectivity index (χ0) is 17.1. The summed E-state index contributed by atoms with van der Waals surface area (Å²) in [6.45, 7) is 6.54. The van der Waals surface area contributed by atoms with Gasteiger partial charge in [-0.15, -0.1) is 0 Å². The van der Waals surface area contributed by atoms with Crippen LogP contribution in [0, 0.1) is 0 Å². The lowest BCUT2D eigenvalue weighted by Crippen LogP contribution is -2.11. The number of carbonyl (C=O) groups is 1. The Labute approximate surface area is 140 Å². The van der Waals surface area contributed by atoms with Gasteiger partial charge >= 0.3 is 5.97 Å². The molecule has 0 aromatic heterocycles. The Morgan fingerprint density at radius 3 is 2.39 bits per heavy atom. The second kappa shape index (κ2) is 10.9. The van der Waals surface area contributed by atoms with Gasteiger partial charge in [-0.25, -0.2) is 4.79 Å². The molecule has 0 saturated heterocycles. The van der Waals surface area contributed by atoms with Gasteiger partial charge in [-0.1, -0.05) is 39.0 Å². The lowest BCUT2D eigenvalue weighted by atomic mass is 10.1. The van der Waals surface area contributed by atoms with Crippen LogP contribution in [0.1, 0.15) is 69.7 Å². The van der Waals surface area contributed by atoms with Crippen LogP contribution < -0.4 is 9.47 Å². The molecule has 0 unspecified atom stereocenters. The van der Waals surface area contributed by atoms with Crippen LogP contribution in [0.5, 0.6) is 11.5 Å². The first-order chi connectivity index (χ1) is 11.1. The molecule has 0 amide bonds. The molecule has 1 rings (SSSR count). The highest BCUT2D eigenvalue weighted by atomic mass is 16.5. The summed E-state index contributed by atoms with van der Waals surface area (Å²) in [7, 11) is 1.57. The quantitative estimate of drug-likeness (QED) is 0.425. The fraction of sp³-hybridized carbons (Fsp3) is 0.632. The van der Waals surface area contributed by atoms with Gasteiger partial charge in [0.15, 0.2) is 11.5 Å². The normalized spacial score (nSPS) is 10.7. The van der Waals surface area contributed by atoms with Crippen molar-refractivity contribution in [2.75, 3.05) is 13.7 Å². The molecule has 0 radical (unpaired) electrons. The number of carbonyl (C=O) groups excluding carboxylic acids is 1. The third kappa shape index (κ3) is 7.40. The number of benzene rings is 1. The Hall–Kier alpha value is -1.71. The van der Waals surface area contributed by atoms with Gasteiger partial charge in [0.05, 0.1) is 25.4 Å². The molecule has 4 nitrogen and oxygen atoms in total. The van der Waals surface area contributed by atoms with Crippen LogP contribution in [-0.4, -0.2) is 25.8 Å². The van der Waals surface area contributed by atoms with Crippen LogP contribution in [0.3, 0.4) is 0 Å². The third-order valence-corrected chi connectivity index (χ3v) is 3.50. The van der Waals surface area contributed by atoms with E-state index >= 15 is 0 Å². The Bertz CT molecular complexity index is 468. The van der Waals surface area contributed by atoms with Crippen molar-refractivity contribution >= 4 is 5.97 Å². The van der Waals surface area contributed by atoms with Gasteiger partial charge in [-0.05, 0) is 38.5 Å². The Kier molecular flexibility index (Phi) is 9.18. The topological polar surface area (TPSA) is 44.8 Å². The molecule has 130 valence electrons. The zero-order valence-corrected chi connectivity index (χ0v) is 14.9. The van der Waals surface area contributed by atoms with Crippen molar-refractivity contribution in [2.45, 2.75) is 65.4 Å². The van der Waals surface area contributed by atoms with E-state index in [1.807, 2.05) is 13.8 Å². The van der Waals surface area contributed by atoms with E-state index in [0.29, 0.717) is 23.7 Å². The molecular formula is C19H30O4. The van der Waals surface area contributed by atoms with Crippen LogP contribution >= 0.6 is 0 Å². The molecule has 0 bridgehead atoms. The Morgan fingerprint density at radius 1 is 1.04 bits per heavy atom. The van der Waals surface area contributed by atoms with Crippen molar-refractivity contribution in [3.05, 3.63) is 23.8 Å². The number of unbranched alkanes of at least 4 members (excludes halogenated alkanes) is 5. The van der Waals surface area contributed by atoms with Crippen molar-refractivity contribution in [1.29, 1.82) is 0 Å². The molecule has 0 heterocycles. The summed E-state index contributed by atoms with van der Waals surface area (Å²) >= 11 is 0. The minimum Gasteiger partial charge on any atom is -0.493 e. The van der Waals surface area contributed by atoms with Gasteiger partial charge in [-0.2, -0.15) is 0 Å². The summed E-state index contributed by atoms with van der Waals surface area (Å²) in [4.78, 5) is 11.9. The van der Waals surface area contributed by atoms with Gasteiger partial charge in [0.2, 0.25) is 0 Å². The van der Waals surface area contributed by atoms with Crippen molar-refractivity contribution < 1.29 is 19.0 Å². The monoisotopic (exact) mass is 322 g/mol. The van der Waals surface area contributed by atoms with E-state index in [1.54, 1.807) is 25.3 Å². The second-order valence-corrected chi connectivity index (χ2v) is 5.94. The summed E-state index contributed by atoms with van der Waals surface area (Å²) in [5.74, 6) is 0.886. The van der Waals surface area contributed by atoms with Crippen molar-refractivity contribution in [3.63, 3.8) is 0 Å². The minimum absolute atomic E-state index is 0.142. The predicted molar refractivity (Wildman–Crippen MR) is 92.4 cm³/mol. The van der Waals surface area contributed by atoms with Crippen LogP contribution in [-0.2, 0) is 4.74 Å². The third-order valence-electron chi connectivity index (χ3n) is 3.50. The lowest BCUT2D eigenvalue weighted by molar-refractivity contribution is 0.0377. The summed E-state index contributed by atoms with van der Waals surface area (Å²) < 4.78 is 16.3. The number of hydrogen-bond donors (Lipinski definition) is 0. The summed E-state index contributed by atoms with van der Waals surface area (Å²) in [6, 6.07) is 5.15. The first kappa shape index (κ1) is 19.3. The highest BCUT2D eigenvalue weighted by Crippen LogP contribution is 2.28. The standard InChI is InChI=1S/C19H30O4/c1-5-6-7-8-9-10-13-22-17-12-11-16(14-18(17)21-4)19(20)23-15(2)3/h11-12,14-15H,5-10,13H2,1-4H3. The largest absolute Gasteiger partial charge is 0.493 e. The van der Waals surface area contributed by atoms with E-state index < -0.39 is 0 Å². The number of esters is 1. The fourth-order valence-corrected chi connectivity index (χ4v) is 2.26. The molecule has 0 N–H and O–H groups in total. The van der Waals surface area contributed by atoms with Gasteiger partial charge in [0.1, 0.15) is 0 Å². The number of methoxy groups -OCH3 is 1. The lowest BCUT2D eigenvalue weighted by Gasteiger charge is -2.13. The maximum atomic E-state index is 11.9. The molecule has 1 aromatic rings. The van der Waals surface area contributed by atoms with Crippen LogP contribution in [0.15, 0.2) is 18.2 Å². The molecule has 0 saturated carbocycles. The molecule has 0 atom stereocenters. The molecule has 1 aromatic carbocycles. The molecule has 0 fully saturated rings. The Morgan fingerprint density at radius 2 is 1.74 bits per heavy atom. The number of ether oxygens (including phenoxy) is 3. The highest BCUT2D eigenvalue weighted by Gasteiger charge is 2.13. The molecule has 4 heteroatoms. The van der Waals surface area contributed by atoms with E-state index in [1.165, 1.54) is 32.1 Å².